The van der Waals surface area contributed by atoms with Gasteiger partial charge in [0.25, 0.3) is 0 Å². The molecule has 5 heteroatoms. The normalized spacial score (nSPS) is 15.5. The van der Waals surface area contributed by atoms with Crippen LogP contribution in [0, 0.1) is 5.92 Å². The molecule has 22 heavy (non-hydrogen) atoms. The van der Waals surface area contributed by atoms with E-state index in [2.05, 4.69) is 17.6 Å². The first kappa shape index (κ1) is 16.3. The number of carbonyl (C=O) groups excluding carboxylic acids is 2. The molecule has 1 aromatic carbocycles. The van der Waals surface area contributed by atoms with Crippen molar-refractivity contribution < 1.29 is 9.59 Å². The lowest BCUT2D eigenvalue weighted by atomic mass is 10.00. The molecule has 0 aliphatic carbocycles. The van der Waals surface area contributed by atoms with Crippen LogP contribution in [0.2, 0.25) is 0 Å². The van der Waals surface area contributed by atoms with Crippen molar-refractivity contribution in [2.45, 2.75) is 33.1 Å². The molecule has 0 atom stereocenters. The SMILES string of the molecule is CC(=O)Nc1ccc(CCNC(=O)N2CCC(C)CC2)cc1. The number of rotatable bonds is 4. The third-order valence-electron chi connectivity index (χ3n) is 4.04. The van der Waals surface area contributed by atoms with E-state index in [1.165, 1.54) is 6.92 Å². The van der Waals surface area contributed by atoms with Gasteiger partial charge in [-0.05, 0) is 42.9 Å². The molecule has 0 radical (unpaired) electrons. The maximum absolute atomic E-state index is 12.0. The van der Waals surface area contributed by atoms with Crippen LogP contribution in [0.15, 0.2) is 24.3 Å². The van der Waals surface area contributed by atoms with Gasteiger partial charge in [0, 0.05) is 32.2 Å². The van der Waals surface area contributed by atoms with Crippen molar-refractivity contribution in [2.24, 2.45) is 5.92 Å². The molecule has 1 heterocycles. The van der Waals surface area contributed by atoms with Gasteiger partial charge >= 0.3 is 6.03 Å². The minimum absolute atomic E-state index is 0.0433. The second-order valence-corrected chi connectivity index (χ2v) is 6.03. The van der Waals surface area contributed by atoms with Gasteiger partial charge in [-0.1, -0.05) is 19.1 Å². The summed E-state index contributed by atoms with van der Waals surface area (Å²) in [4.78, 5) is 24.9. The topological polar surface area (TPSA) is 61.4 Å². The molecule has 0 unspecified atom stereocenters. The van der Waals surface area contributed by atoms with E-state index < -0.39 is 0 Å². The average molecular weight is 303 g/mol. The summed E-state index contributed by atoms with van der Waals surface area (Å²) in [5, 5.41) is 5.72. The summed E-state index contributed by atoms with van der Waals surface area (Å²) in [7, 11) is 0. The molecule has 2 N–H and O–H groups in total. The van der Waals surface area contributed by atoms with Crippen molar-refractivity contribution in [3.8, 4) is 0 Å². The quantitative estimate of drug-likeness (QED) is 0.898. The Morgan fingerprint density at radius 2 is 1.82 bits per heavy atom. The first-order valence-corrected chi connectivity index (χ1v) is 7.94. The van der Waals surface area contributed by atoms with Crippen LogP contribution in [0.25, 0.3) is 0 Å². The van der Waals surface area contributed by atoms with Gasteiger partial charge in [0.1, 0.15) is 0 Å². The van der Waals surface area contributed by atoms with E-state index in [9.17, 15) is 9.59 Å². The Kier molecular flexibility index (Phi) is 5.81. The molecule has 1 fully saturated rings. The number of nitrogens with zero attached hydrogens (tertiary/aromatic N) is 1. The largest absolute Gasteiger partial charge is 0.338 e. The zero-order valence-corrected chi connectivity index (χ0v) is 13.4. The van der Waals surface area contributed by atoms with E-state index in [1.807, 2.05) is 29.2 Å². The summed E-state index contributed by atoms with van der Waals surface area (Å²) in [6.45, 7) is 6.08. The molecule has 2 rings (SSSR count). The molecule has 0 bridgehead atoms. The van der Waals surface area contributed by atoms with Crippen LogP contribution < -0.4 is 10.6 Å². The summed E-state index contributed by atoms with van der Waals surface area (Å²) in [6.07, 6.45) is 2.98. The molecule has 0 spiro atoms. The van der Waals surface area contributed by atoms with Crippen molar-refractivity contribution >= 4 is 17.6 Å². The van der Waals surface area contributed by atoms with Crippen molar-refractivity contribution in [3.05, 3.63) is 29.8 Å². The summed E-state index contributed by atoms with van der Waals surface area (Å²) in [5.74, 6) is 0.655. The fraction of sp³-hybridized carbons (Fsp3) is 0.529. The van der Waals surface area contributed by atoms with E-state index in [4.69, 9.17) is 0 Å². The molecule has 0 saturated carbocycles. The molecular formula is C17H25N3O2. The number of piperidine rings is 1. The fourth-order valence-corrected chi connectivity index (χ4v) is 2.60. The zero-order valence-electron chi connectivity index (χ0n) is 13.4. The van der Waals surface area contributed by atoms with Crippen molar-refractivity contribution in [1.29, 1.82) is 0 Å². The zero-order chi connectivity index (χ0) is 15.9. The van der Waals surface area contributed by atoms with Gasteiger partial charge < -0.3 is 15.5 Å². The van der Waals surface area contributed by atoms with Gasteiger partial charge in [0.2, 0.25) is 5.91 Å². The predicted octanol–water partition coefficient (Wildman–Crippen LogP) is 2.63. The number of hydrogen-bond donors (Lipinski definition) is 2. The molecule has 1 aliphatic rings. The molecule has 5 nitrogen and oxygen atoms in total. The van der Waals surface area contributed by atoms with E-state index >= 15 is 0 Å². The highest BCUT2D eigenvalue weighted by molar-refractivity contribution is 5.88. The number of hydrogen-bond acceptors (Lipinski definition) is 2. The Bertz CT molecular complexity index is 505. The third-order valence-corrected chi connectivity index (χ3v) is 4.04. The summed E-state index contributed by atoms with van der Waals surface area (Å²) >= 11 is 0. The number of anilines is 1. The minimum Gasteiger partial charge on any atom is -0.338 e. The number of urea groups is 1. The Balaban J connectivity index is 1.71. The first-order chi connectivity index (χ1) is 10.5. The Morgan fingerprint density at radius 3 is 2.41 bits per heavy atom. The standard InChI is InChI=1S/C17H25N3O2/c1-13-8-11-20(12-9-13)17(22)18-10-7-15-3-5-16(6-4-15)19-14(2)21/h3-6,13H,7-12H2,1-2H3,(H,18,22)(H,19,21). The Hall–Kier alpha value is -2.04. The van der Waals surface area contributed by atoms with E-state index in [0.29, 0.717) is 6.54 Å². The molecule has 0 aromatic heterocycles. The number of nitrogens with one attached hydrogen (secondary N) is 2. The van der Waals surface area contributed by atoms with E-state index in [-0.39, 0.29) is 11.9 Å². The van der Waals surface area contributed by atoms with Crippen LogP contribution >= 0.6 is 0 Å². The lowest BCUT2D eigenvalue weighted by Crippen LogP contribution is -2.44. The second-order valence-electron chi connectivity index (χ2n) is 6.03. The predicted molar refractivity (Wildman–Crippen MR) is 87.8 cm³/mol. The highest BCUT2D eigenvalue weighted by Crippen LogP contribution is 2.15. The Morgan fingerprint density at radius 1 is 1.18 bits per heavy atom. The lowest BCUT2D eigenvalue weighted by molar-refractivity contribution is -0.114. The molecule has 1 aromatic rings. The number of benzene rings is 1. The van der Waals surface area contributed by atoms with Gasteiger partial charge in [-0.15, -0.1) is 0 Å². The van der Waals surface area contributed by atoms with Crippen LogP contribution in [0.4, 0.5) is 10.5 Å². The highest BCUT2D eigenvalue weighted by Gasteiger charge is 2.19. The number of amides is 3. The maximum Gasteiger partial charge on any atom is 0.317 e. The van der Waals surface area contributed by atoms with Crippen LogP contribution in [-0.4, -0.2) is 36.5 Å². The highest BCUT2D eigenvalue weighted by atomic mass is 16.2. The van der Waals surface area contributed by atoms with Crippen LogP contribution in [-0.2, 0) is 11.2 Å². The van der Waals surface area contributed by atoms with Gasteiger partial charge in [-0.3, -0.25) is 4.79 Å². The van der Waals surface area contributed by atoms with Gasteiger partial charge in [0.15, 0.2) is 0 Å². The van der Waals surface area contributed by atoms with E-state index in [0.717, 1.165) is 49.5 Å². The molecule has 1 saturated heterocycles. The van der Waals surface area contributed by atoms with Crippen molar-refractivity contribution in [3.63, 3.8) is 0 Å². The summed E-state index contributed by atoms with van der Waals surface area (Å²) in [5.41, 5.74) is 1.93. The van der Waals surface area contributed by atoms with Gasteiger partial charge in [0.05, 0.1) is 0 Å². The molecule has 3 amide bonds. The Labute approximate surface area is 132 Å². The summed E-state index contributed by atoms with van der Waals surface area (Å²) < 4.78 is 0. The van der Waals surface area contributed by atoms with Crippen molar-refractivity contribution in [2.75, 3.05) is 25.0 Å². The summed E-state index contributed by atoms with van der Waals surface area (Å²) in [6, 6.07) is 7.75. The molecular weight excluding hydrogens is 278 g/mol. The van der Waals surface area contributed by atoms with Gasteiger partial charge in [-0.25, -0.2) is 4.79 Å². The number of likely N-dealkylation sites (tertiary alicyclic amines) is 1. The second kappa shape index (κ2) is 7.82. The average Bonchev–Trinajstić information content (AvgIpc) is 2.49. The minimum atomic E-state index is -0.0733. The van der Waals surface area contributed by atoms with Crippen LogP contribution in [0.3, 0.4) is 0 Å². The van der Waals surface area contributed by atoms with Crippen LogP contribution in [0.5, 0.6) is 0 Å². The fourth-order valence-electron chi connectivity index (χ4n) is 2.60. The lowest BCUT2D eigenvalue weighted by Gasteiger charge is -2.30. The van der Waals surface area contributed by atoms with Gasteiger partial charge in [-0.2, -0.15) is 0 Å². The first-order valence-electron chi connectivity index (χ1n) is 7.94. The number of carbonyl (C=O) groups is 2. The third kappa shape index (κ3) is 5.06. The van der Waals surface area contributed by atoms with Crippen molar-refractivity contribution in [1.82, 2.24) is 10.2 Å². The molecule has 1 aliphatic heterocycles. The van der Waals surface area contributed by atoms with Crippen LogP contribution in [0.1, 0.15) is 32.3 Å². The monoisotopic (exact) mass is 303 g/mol. The van der Waals surface area contributed by atoms with E-state index in [1.54, 1.807) is 0 Å². The smallest absolute Gasteiger partial charge is 0.317 e. The molecule has 120 valence electrons. The maximum atomic E-state index is 12.0.